The Morgan fingerprint density at radius 1 is 0.929 bits per heavy atom. The van der Waals surface area contributed by atoms with Gasteiger partial charge in [0.25, 0.3) is 0 Å². The molecule has 0 spiro atoms. The van der Waals surface area contributed by atoms with Crippen LogP contribution < -0.4 is 0 Å². The van der Waals surface area contributed by atoms with Gasteiger partial charge in [0, 0.05) is 34.9 Å². The molecule has 0 atom stereocenters. The molecule has 28 heavy (non-hydrogen) atoms. The zero-order valence-corrected chi connectivity index (χ0v) is 14.8. The standard InChI is InChI=1S/C23H15F2N3/c24-13-15-5-1-2-6-17(15)22-21(25)23(18-7-3-4-8-19(18)27-22)28-12-10-16-14-26-11-9-20(16)28/h1-12,14H,13H2. The Hall–Kier alpha value is -3.60. The number of alkyl halides is 1. The van der Waals surface area contributed by atoms with Crippen molar-refractivity contribution in [2.24, 2.45) is 0 Å². The van der Waals surface area contributed by atoms with Gasteiger partial charge in [0.1, 0.15) is 12.4 Å². The van der Waals surface area contributed by atoms with E-state index in [1.165, 1.54) is 0 Å². The first-order valence-corrected chi connectivity index (χ1v) is 8.92. The number of hydrogen-bond donors (Lipinski definition) is 0. The van der Waals surface area contributed by atoms with Gasteiger partial charge in [-0.25, -0.2) is 13.8 Å². The number of pyridine rings is 2. The number of para-hydroxylation sites is 1. The van der Waals surface area contributed by atoms with Gasteiger partial charge in [-0.3, -0.25) is 4.98 Å². The minimum absolute atomic E-state index is 0.151. The number of fused-ring (bicyclic) bond motifs is 2. The van der Waals surface area contributed by atoms with Gasteiger partial charge in [-0.15, -0.1) is 0 Å². The first-order chi connectivity index (χ1) is 13.8. The molecule has 5 heteroatoms. The summed E-state index contributed by atoms with van der Waals surface area (Å²) >= 11 is 0. The summed E-state index contributed by atoms with van der Waals surface area (Å²) in [4.78, 5) is 8.67. The van der Waals surface area contributed by atoms with E-state index in [9.17, 15) is 4.39 Å². The molecule has 0 radical (unpaired) electrons. The number of benzene rings is 2. The molecule has 0 saturated heterocycles. The molecule has 3 heterocycles. The molecule has 0 fully saturated rings. The molecule has 0 saturated carbocycles. The Bertz CT molecular complexity index is 1320. The van der Waals surface area contributed by atoms with Crippen LogP contribution in [0.25, 0.3) is 38.8 Å². The van der Waals surface area contributed by atoms with Crippen LogP contribution in [0.15, 0.2) is 79.3 Å². The number of aromatic nitrogens is 3. The van der Waals surface area contributed by atoms with Crippen LogP contribution in [0.1, 0.15) is 5.56 Å². The van der Waals surface area contributed by atoms with Crippen molar-refractivity contribution in [2.45, 2.75) is 6.67 Å². The van der Waals surface area contributed by atoms with Crippen molar-refractivity contribution in [3.05, 3.63) is 90.6 Å². The number of rotatable bonds is 3. The third-order valence-corrected chi connectivity index (χ3v) is 4.96. The molecule has 0 unspecified atom stereocenters. The van der Waals surface area contributed by atoms with Crippen LogP contribution in [0.2, 0.25) is 0 Å². The summed E-state index contributed by atoms with van der Waals surface area (Å²) in [6.07, 6.45) is 5.24. The Kier molecular flexibility index (Phi) is 3.86. The lowest BCUT2D eigenvalue weighted by Gasteiger charge is -2.15. The molecule has 0 amide bonds. The molecule has 2 aromatic carbocycles. The maximum atomic E-state index is 15.9. The average Bonchev–Trinajstić information content (AvgIpc) is 3.17. The van der Waals surface area contributed by atoms with E-state index in [1.807, 2.05) is 42.6 Å². The van der Waals surface area contributed by atoms with Crippen LogP contribution in [-0.2, 0) is 6.67 Å². The molecule has 0 N–H and O–H groups in total. The van der Waals surface area contributed by atoms with Crippen molar-refractivity contribution in [2.75, 3.05) is 0 Å². The van der Waals surface area contributed by atoms with Crippen molar-refractivity contribution < 1.29 is 8.78 Å². The molecular weight excluding hydrogens is 356 g/mol. The zero-order chi connectivity index (χ0) is 19.1. The molecular formula is C23H15F2N3. The Morgan fingerprint density at radius 2 is 1.75 bits per heavy atom. The number of hydrogen-bond acceptors (Lipinski definition) is 2. The quantitative estimate of drug-likeness (QED) is 0.398. The van der Waals surface area contributed by atoms with Gasteiger partial charge in [-0.05, 0) is 23.8 Å². The topological polar surface area (TPSA) is 30.7 Å². The second kappa shape index (κ2) is 6.53. The Morgan fingerprint density at radius 3 is 2.64 bits per heavy atom. The lowest BCUT2D eigenvalue weighted by molar-refractivity contribution is 0.486. The first kappa shape index (κ1) is 16.6. The van der Waals surface area contributed by atoms with E-state index in [1.54, 1.807) is 41.2 Å². The summed E-state index contributed by atoms with van der Waals surface area (Å²) in [5.74, 6) is -0.478. The maximum absolute atomic E-state index is 15.9. The third-order valence-electron chi connectivity index (χ3n) is 4.96. The van der Waals surface area contributed by atoms with E-state index in [0.29, 0.717) is 27.7 Å². The van der Waals surface area contributed by atoms with E-state index < -0.39 is 12.5 Å². The molecule has 5 rings (SSSR count). The van der Waals surface area contributed by atoms with E-state index in [0.717, 1.165) is 10.9 Å². The lowest BCUT2D eigenvalue weighted by Crippen LogP contribution is -2.03. The van der Waals surface area contributed by atoms with Gasteiger partial charge in [0.15, 0.2) is 5.82 Å². The highest BCUT2D eigenvalue weighted by molar-refractivity contribution is 5.93. The highest BCUT2D eigenvalue weighted by Crippen LogP contribution is 2.34. The summed E-state index contributed by atoms with van der Waals surface area (Å²) in [7, 11) is 0. The number of nitrogens with zero attached hydrogens (tertiary/aromatic N) is 3. The second-order valence-electron chi connectivity index (χ2n) is 6.55. The largest absolute Gasteiger partial charge is 0.313 e. The number of halogens is 2. The fourth-order valence-electron chi connectivity index (χ4n) is 3.63. The highest BCUT2D eigenvalue weighted by Gasteiger charge is 2.20. The van der Waals surface area contributed by atoms with Gasteiger partial charge in [0.05, 0.1) is 16.7 Å². The van der Waals surface area contributed by atoms with Crippen molar-refractivity contribution in [1.82, 2.24) is 14.5 Å². The molecule has 3 aromatic heterocycles. The molecule has 5 aromatic rings. The summed E-state index contributed by atoms with van der Waals surface area (Å²) in [6.45, 7) is -0.683. The molecule has 0 aliphatic heterocycles. The summed E-state index contributed by atoms with van der Waals surface area (Å²) in [5.41, 5.74) is 2.92. The van der Waals surface area contributed by atoms with Gasteiger partial charge < -0.3 is 4.57 Å². The summed E-state index contributed by atoms with van der Waals surface area (Å²) < 4.78 is 31.2. The second-order valence-corrected chi connectivity index (χ2v) is 6.55. The third kappa shape index (κ3) is 2.47. The lowest BCUT2D eigenvalue weighted by atomic mass is 10.0. The fourth-order valence-corrected chi connectivity index (χ4v) is 3.63. The van der Waals surface area contributed by atoms with Crippen molar-refractivity contribution in [3.63, 3.8) is 0 Å². The molecule has 136 valence electrons. The van der Waals surface area contributed by atoms with E-state index >= 15 is 4.39 Å². The Labute approximate surface area is 159 Å². The highest BCUT2D eigenvalue weighted by atomic mass is 19.1. The van der Waals surface area contributed by atoms with Crippen LogP contribution in [0.4, 0.5) is 8.78 Å². The van der Waals surface area contributed by atoms with Crippen LogP contribution in [0.5, 0.6) is 0 Å². The molecule has 0 aliphatic carbocycles. The summed E-state index contributed by atoms with van der Waals surface area (Å²) in [6, 6.07) is 18.0. The van der Waals surface area contributed by atoms with Crippen LogP contribution in [0, 0.1) is 5.82 Å². The minimum Gasteiger partial charge on any atom is -0.313 e. The monoisotopic (exact) mass is 371 g/mol. The van der Waals surface area contributed by atoms with Gasteiger partial charge in [-0.1, -0.05) is 42.5 Å². The van der Waals surface area contributed by atoms with Gasteiger partial charge in [0.2, 0.25) is 0 Å². The van der Waals surface area contributed by atoms with Gasteiger partial charge >= 0.3 is 0 Å². The van der Waals surface area contributed by atoms with Crippen LogP contribution in [-0.4, -0.2) is 14.5 Å². The minimum atomic E-state index is -0.683. The van der Waals surface area contributed by atoms with Crippen molar-refractivity contribution in [1.29, 1.82) is 0 Å². The van der Waals surface area contributed by atoms with Crippen LogP contribution in [0.3, 0.4) is 0 Å². The molecule has 0 aliphatic rings. The Balaban J connectivity index is 1.90. The van der Waals surface area contributed by atoms with E-state index in [-0.39, 0.29) is 5.69 Å². The first-order valence-electron chi connectivity index (χ1n) is 8.92. The molecule has 3 nitrogen and oxygen atoms in total. The van der Waals surface area contributed by atoms with Crippen molar-refractivity contribution in [3.8, 4) is 16.9 Å². The average molecular weight is 371 g/mol. The van der Waals surface area contributed by atoms with Crippen molar-refractivity contribution >= 4 is 21.8 Å². The van der Waals surface area contributed by atoms with E-state index in [2.05, 4.69) is 9.97 Å². The smallest absolute Gasteiger partial charge is 0.174 e. The predicted octanol–water partition coefficient (Wildman–Crippen LogP) is 5.85. The summed E-state index contributed by atoms with van der Waals surface area (Å²) in [5, 5.41) is 1.60. The normalized spacial score (nSPS) is 11.4. The van der Waals surface area contributed by atoms with Crippen LogP contribution >= 0.6 is 0 Å². The SMILES string of the molecule is FCc1ccccc1-c1nc2ccccc2c(-n2ccc3cnccc32)c1F. The van der Waals surface area contributed by atoms with E-state index in [4.69, 9.17) is 0 Å². The van der Waals surface area contributed by atoms with Gasteiger partial charge in [-0.2, -0.15) is 0 Å². The maximum Gasteiger partial charge on any atom is 0.174 e. The predicted molar refractivity (Wildman–Crippen MR) is 107 cm³/mol. The molecule has 0 bridgehead atoms. The zero-order valence-electron chi connectivity index (χ0n) is 14.8. The fraction of sp³-hybridized carbons (Fsp3) is 0.0435.